The van der Waals surface area contributed by atoms with Crippen molar-refractivity contribution in [2.24, 2.45) is 11.8 Å². The van der Waals surface area contributed by atoms with Crippen LogP contribution in [0.5, 0.6) is 0 Å². The van der Waals surface area contributed by atoms with Gasteiger partial charge in [0.05, 0.1) is 16.9 Å². The fourth-order valence-corrected chi connectivity index (χ4v) is 8.73. The van der Waals surface area contributed by atoms with Crippen LogP contribution in [0.2, 0.25) is 0 Å². The van der Waals surface area contributed by atoms with Gasteiger partial charge in [0.15, 0.2) is 0 Å². The van der Waals surface area contributed by atoms with E-state index in [1.165, 1.54) is 12.8 Å². The number of carbonyl (C=O) groups excluding carboxylic acids is 2. The van der Waals surface area contributed by atoms with Crippen LogP contribution in [0, 0.1) is 11.8 Å². The van der Waals surface area contributed by atoms with Crippen LogP contribution in [0.15, 0.2) is 18.5 Å². The maximum absolute atomic E-state index is 13.2. The largest absolute Gasteiger partial charge is 0.444 e. The van der Waals surface area contributed by atoms with Crippen molar-refractivity contribution in [3.05, 3.63) is 28.9 Å². The van der Waals surface area contributed by atoms with Crippen LogP contribution in [0.4, 0.5) is 9.80 Å². The number of nitrogens with one attached hydrogen (secondary N) is 3. The molecule has 9 nitrogen and oxygen atoms in total. The van der Waals surface area contributed by atoms with Gasteiger partial charge in [0.25, 0.3) is 0 Å². The number of pyridine rings is 1. The summed E-state index contributed by atoms with van der Waals surface area (Å²) in [5, 5.41) is 12.0. The number of nitrogens with zero attached hydrogens (tertiary/aromatic N) is 3. The van der Waals surface area contributed by atoms with Crippen molar-refractivity contribution < 1.29 is 14.3 Å². The smallest absolute Gasteiger partial charge is 0.410 e. The lowest BCUT2D eigenvalue weighted by molar-refractivity contribution is -0.116. The number of hydrogen-bond acceptors (Lipinski definition) is 9. The van der Waals surface area contributed by atoms with E-state index in [0.717, 1.165) is 61.2 Å². The molecule has 2 aliphatic heterocycles. The van der Waals surface area contributed by atoms with Crippen LogP contribution in [-0.2, 0) is 16.0 Å². The minimum absolute atomic E-state index is 0.00775. The molecule has 40 heavy (non-hydrogen) atoms. The van der Waals surface area contributed by atoms with Gasteiger partial charge in [-0.25, -0.2) is 9.78 Å². The van der Waals surface area contributed by atoms with Gasteiger partial charge in [-0.2, -0.15) is 0 Å². The number of thiazole rings is 1. The second kappa shape index (κ2) is 11.0. The summed E-state index contributed by atoms with van der Waals surface area (Å²) in [5.41, 5.74) is 2.42. The van der Waals surface area contributed by atoms with Gasteiger partial charge < -0.3 is 25.6 Å². The van der Waals surface area contributed by atoms with Crippen molar-refractivity contribution in [2.75, 3.05) is 31.5 Å². The Kier molecular flexibility index (Phi) is 7.58. The molecule has 6 rings (SSSR count). The van der Waals surface area contributed by atoms with Crippen molar-refractivity contribution in [1.29, 1.82) is 0 Å². The Morgan fingerprint density at radius 2 is 1.98 bits per heavy atom. The van der Waals surface area contributed by atoms with Crippen LogP contribution in [-0.4, -0.2) is 64.7 Å². The van der Waals surface area contributed by atoms with Crippen LogP contribution in [0.25, 0.3) is 20.8 Å². The van der Waals surface area contributed by atoms with Gasteiger partial charge in [-0.3, -0.25) is 9.78 Å². The Morgan fingerprint density at radius 1 is 1.20 bits per heavy atom. The number of anilines is 1. The highest BCUT2D eigenvalue weighted by Gasteiger charge is 2.38. The lowest BCUT2D eigenvalue weighted by Crippen LogP contribution is -2.41. The highest BCUT2D eigenvalue weighted by atomic mass is 32.1. The van der Waals surface area contributed by atoms with Gasteiger partial charge in [-0.05, 0) is 83.5 Å². The maximum Gasteiger partial charge on any atom is 0.410 e. The fraction of sp³-hybridized carbons (Fsp3) is 0.586. The number of rotatable bonds is 6. The second-order valence-corrected chi connectivity index (χ2v) is 14.3. The molecule has 2 unspecified atom stereocenters. The zero-order chi connectivity index (χ0) is 28.0. The van der Waals surface area contributed by atoms with Crippen LogP contribution in [0.1, 0.15) is 63.4 Å². The zero-order valence-corrected chi connectivity index (χ0v) is 25.2. The minimum atomic E-state index is -0.561. The van der Waals surface area contributed by atoms with Crippen molar-refractivity contribution in [2.45, 2.75) is 71.1 Å². The third-order valence-corrected chi connectivity index (χ3v) is 10.6. The molecule has 3 aromatic heterocycles. The quantitative estimate of drug-likeness (QED) is 0.367. The number of fused-ring (bicyclic) bond motifs is 3. The number of thiophene rings is 1. The summed E-state index contributed by atoms with van der Waals surface area (Å²) < 4.78 is 6.75. The van der Waals surface area contributed by atoms with Crippen LogP contribution < -0.4 is 16.0 Å². The molecule has 0 bridgehead atoms. The summed E-state index contributed by atoms with van der Waals surface area (Å²) in [6, 6.07) is 2.31. The van der Waals surface area contributed by atoms with E-state index in [1.54, 1.807) is 40.0 Å². The zero-order valence-electron chi connectivity index (χ0n) is 23.6. The molecule has 0 radical (unpaired) electrons. The van der Waals surface area contributed by atoms with E-state index < -0.39 is 5.60 Å². The topological polar surface area (TPSA) is 108 Å². The standard InChI is InChI=1S/C29H38N6O3S2/c1-16-25-20(7-10-35(16)28(37)38-29(2,3)4)24(26-33-21-15-30-8-5-22(21)39-26)27(40-25)34-23(36)6-9-32-19-11-17-13-31-14-18(17)12-19/h5,8,15-19,31-32H,6-7,9-14H2,1-4H3,(H,34,36)/t16-,17?,18?,19?/m0/s1. The first-order valence-corrected chi connectivity index (χ1v) is 15.9. The SMILES string of the molecule is C[C@H]1c2sc(NC(=O)CCNC3CC4CNCC4C3)c(-c3nc4cnccc4s3)c2CCN1C(=O)OC(C)(C)C. The summed E-state index contributed by atoms with van der Waals surface area (Å²) >= 11 is 3.16. The van der Waals surface area contributed by atoms with Gasteiger partial charge in [0.2, 0.25) is 5.91 Å². The molecule has 2 amide bonds. The van der Waals surface area contributed by atoms with Gasteiger partial charge in [-0.15, -0.1) is 22.7 Å². The van der Waals surface area contributed by atoms with E-state index in [4.69, 9.17) is 9.72 Å². The Hall–Kier alpha value is -2.60. The number of aromatic nitrogens is 2. The average molecular weight is 583 g/mol. The third-order valence-electron chi connectivity index (χ3n) is 8.21. The fourth-order valence-electron chi connectivity index (χ4n) is 6.32. The molecule has 3 aliphatic rings. The highest BCUT2D eigenvalue weighted by Crippen LogP contribution is 2.49. The Balaban J connectivity index is 1.22. The van der Waals surface area contributed by atoms with Gasteiger partial charge in [0, 0.05) is 42.2 Å². The Labute approximate surface area is 243 Å². The first-order chi connectivity index (χ1) is 19.2. The normalized spacial score (nSPS) is 24.2. The summed E-state index contributed by atoms with van der Waals surface area (Å²) in [5.74, 6) is 1.54. The van der Waals surface area contributed by atoms with Crippen molar-refractivity contribution in [3.8, 4) is 10.6 Å². The van der Waals surface area contributed by atoms with Crippen molar-refractivity contribution in [1.82, 2.24) is 25.5 Å². The number of carbonyl (C=O) groups is 2. The molecular formula is C29H38N6O3S2. The Bertz CT molecular complexity index is 1370. The highest BCUT2D eigenvalue weighted by molar-refractivity contribution is 7.23. The molecule has 214 valence electrons. The predicted octanol–water partition coefficient (Wildman–Crippen LogP) is 5.19. The summed E-state index contributed by atoms with van der Waals surface area (Å²) in [6.07, 6.45) is 6.72. The number of hydrogen-bond donors (Lipinski definition) is 3. The van der Waals surface area contributed by atoms with E-state index in [9.17, 15) is 9.59 Å². The molecule has 3 aromatic rings. The predicted molar refractivity (Wildman–Crippen MR) is 160 cm³/mol. The summed E-state index contributed by atoms with van der Waals surface area (Å²) in [7, 11) is 0. The molecule has 11 heteroatoms. The van der Waals surface area contributed by atoms with E-state index in [2.05, 4.69) is 20.9 Å². The second-order valence-electron chi connectivity index (χ2n) is 12.2. The van der Waals surface area contributed by atoms with E-state index in [-0.39, 0.29) is 18.0 Å². The van der Waals surface area contributed by atoms with E-state index >= 15 is 0 Å². The average Bonchev–Trinajstić information content (AvgIpc) is 3.64. The maximum atomic E-state index is 13.2. The molecule has 5 heterocycles. The first-order valence-electron chi connectivity index (χ1n) is 14.3. The molecule has 1 saturated carbocycles. The lowest BCUT2D eigenvalue weighted by atomic mass is 9.98. The first kappa shape index (κ1) is 27.6. The molecule has 0 spiro atoms. The Morgan fingerprint density at radius 3 is 2.70 bits per heavy atom. The minimum Gasteiger partial charge on any atom is -0.444 e. The molecule has 3 atom stereocenters. The van der Waals surface area contributed by atoms with Gasteiger partial charge in [-0.1, -0.05) is 0 Å². The number of amides is 2. The van der Waals surface area contributed by atoms with Crippen LogP contribution in [0.3, 0.4) is 0 Å². The summed E-state index contributed by atoms with van der Waals surface area (Å²) in [4.78, 5) is 38.2. The molecule has 2 fully saturated rings. The van der Waals surface area contributed by atoms with E-state index in [0.29, 0.717) is 32.0 Å². The monoisotopic (exact) mass is 582 g/mol. The number of ether oxygens (including phenoxy) is 1. The third kappa shape index (κ3) is 5.61. The molecular weight excluding hydrogens is 544 g/mol. The van der Waals surface area contributed by atoms with Crippen molar-refractivity contribution in [3.63, 3.8) is 0 Å². The van der Waals surface area contributed by atoms with Crippen molar-refractivity contribution >= 4 is 49.9 Å². The molecule has 3 N–H and O–H groups in total. The lowest BCUT2D eigenvalue weighted by Gasteiger charge is -2.35. The molecule has 1 saturated heterocycles. The molecule has 0 aromatic carbocycles. The summed E-state index contributed by atoms with van der Waals surface area (Å²) in [6.45, 7) is 11.2. The van der Waals surface area contributed by atoms with Gasteiger partial charge >= 0.3 is 6.09 Å². The van der Waals surface area contributed by atoms with Gasteiger partial charge in [0.1, 0.15) is 21.1 Å². The van der Waals surface area contributed by atoms with Crippen LogP contribution >= 0.6 is 22.7 Å². The van der Waals surface area contributed by atoms with E-state index in [1.807, 2.05) is 33.8 Å². The molecule has 1 aliphatic carbocycles.